The summed E-state index contributed by atoms with van der Waals surface area (Å²) in [6, 6.07) is 7.18. The highest BCUT2D eigenvalue weighted by Crippen LogP contribution is 2.19. The van der Waals surface area contributed by atoms with Crippen molar-refractivity contribution >= 4 is 23.4 Å². The zero-order chi connectivity index (χ0) is 22.7. The fraction of sp³-hybridized carbons (Fsp3) is 0.545. The Morgan fingerprint density at radius 1 is 1.00 bits per heavy atom. The molecule has 172 valence electrons. The first-order valence-corrected chi connectivity index (χ1v) is 11.4. The smallest absolute Gasteiger partial charge is 0.241 e. The van der Waals surface area contributed by atoms with Gasteiger partial charge in [-0.1, -0.05) is 16.8 Å². The molecule has 2 fully saturated rings. The van der Waals surface area contributed by atoms with Crippen molar-refractivity contribution in [3.05, 3.63) is 35.2 Å². The van der Waals surface area contributed by atoms with Gasteiger partial charge in [0.2, 0.25) is 23.5 Å². The van der Waals surface area contributed by atoms with Crippen molar-refractivity contribution in [2.24, 2.45) is 0 Å². The van der Waals surface area contributed by atoms with Gasteiger partial charge in [0.1, 0.15) is 0 Å². The van der Waals surface area contributed by atoms with Crippen molar-refractivity contribution in [2.45, 2.75) is 26.4 Å². The van der Waals surface area contributed by atoms with Gasteiger partial charge in [0.25, 0.3) is 0 Å². The van der Waals surface area contributed by atoms with Crippen molar-refractivity contribution in [3.8, 4) is 11.4 Å². The van der Waals surface area contributed by atoms with E-state index in [2.05, 4.69) is 19.9 Å². The summed E-state index contributed by atoms with van der Waals surface area (Å²) in [5.41, 5.74) is 0.866. The van der Waals surface area contributed by atoms with Gasteiger partial charge in [-0.3, -0.25) is 19.4 Å². The molecule has 0 N–H and O–H groups in total. The topological polar surface area (TPSA) is 86.0 Å². The number of carbonyl (C=O) groups is 2. The molecule has 3 heterocycles. The van der Waals surface area contributed by atoms with Crippen molar-refractivity contribution in [1.29, 1.82) is 0 Å². The molecular formula is C22H29ClN6O3. The van der Waals surface area contributed by atoms with E-state index in [-0.39, 0.29) is 17.9 Å². The van der Waals surface area contributed by atoms with Crippen molar-refractivity contribution in [3.63, 3.8) is 0 Å². The molecule has 2 aromatic rings. The van der Waals surface area contributed by atoms with E-state index in [9.17, 15) is 9.59 Å². The van der Waals surface area contributed by atoms with E-state index < -0.39 is 0 Å². The average molecular weight is 461 g/mol. The third-order valence-electron chi connectivity index (χ3n) is 6.28. The Kier molecular flexibility index (Phi) is 7.07. The second-order valence-corrected chi connectivity index (χ2v) is 8.77. The molecule has 1 aromatic heterocycles. The van der Waals surface area contributed by atoms with Gasteiger partial charge >= 0.3 is 0 Å². The first kappa shape index (κ1) is 22.7. The van der Waals surface area contributed by atoms with Crippen LogP contribution in [-0.2, 0) is 16.1 Å². The monoisotopic (exact) mass is 460 g/mol. The van der Waals surface area contributed by atoms with Crippen LogP contribution in [0.15, 0.2) is 28.8 Å². The molecule has 32 heavy (non-hydrogen) atoms. The highest BCUT2D eigenvalue weighted by molar-refractivity contribution is 6.30. The van der Waals surface area contributed by atoms with Crippen molar-refractivity contribution < 1.29 is 14.1 Å². The summed E-state index contributed by atoms with van der Waals surface area (Å²) in [6.45, 7) is 9.85. The van der Waals surface area contributed by atoms with Crippen LogP contribution in [0.2, 0.25) is 5.02 Å². The van der Waals surface area contributed by atoms with Crippen LogP contribution >= 0.6 is 11.6 Å². The molecule has 2 saturated heterocycles. The van der Waals surface area contributed by atoms with Gasteiger partial charge in [-0.25, -0.2) is 0 Å². The molecule has 1 aromatic carbocycles. The highest BCUT2D eigenvalue weighted by Gasteiger charge is 2.31. The number of hydrogen-bond acceptors (Lipinski definition) is 7. The Hall–Kier alpha value is -2.49. The predicted molar refractivity (Wildman–Crippen MR) is 120 cm³/mol. The molecule has 0 bridgehead atoms. The Morgan fingerprint density at radius 3 is 2.25 bits per heavy atom. The number of amides is 2. The van der Waals surface area contributed by atoms with Gasteiger partial charge in [-0.15, -0.1) is 0 Å². The largest absolute Gasteiger partial charge is 0.339 e. The molecule has 0 saturated carbocycles. The van der Waals surface area contributed by atoms with Crippen LogP contribution in [-0.4, -0.2) is 100.0 Å². The number of benzene rings is 1. The molecular weight excluding hydrogens is 432 g/mol. The lowest BCUT2D eigenvalue weighted by molar-refractivity contribution is -0.142. The molecule has 1 unspecified atom stereocenters. The Bertz CT molecular complexity index is 933. The zero-order valence-corrected chi connectivity index (χ0v) is 19.3. The molecule has 0 spiro atoms. The second kappa shape index (κ2) is 9.97. The molecule has 10 heteroatoms. The van der Waals surface area contributed by atoms with Gasteiger partial charge in [-0.05, 0) is 31.2 Å². The normalized spacial score (nSPS) is 19.2. The SMILES string of the molecule is CC(=O)N1CCN(C(=O)C(C)N2CCN(Cc3nc(-c4ccc(Cl)cc4)no3)CC2)CC1. The molecule has 2 aliphatic heterocycles. The first-order chi connectivity index (χ1) is 15.4. The van der Waals surface area contributed by atoms with E-state index >= 15 is 0 Å². The summed E-state index contributed by atoms with van der Waals surface area (Å²) in [7, 11) is 0. The van der Waals surface area contributed by atoms with Gasteiger partial charge in [0.15, 0.2) is 0 Å². The van der Waals surface area contributed by atoms with Crippen LogP contribution in [0.4, 0.5) is 0 Å². The van der Waals surface area contributed by atoms with Crippen LogP contribution in [0.25, 0.3) is 11.4 Å². The van der Waals surface area contributed by atoms with E-state index in [1.807, 2.05) is 24.0 Å². The molecule has 2 aliphatic rings. The Morgan fingerprint density at radius 2 is 1.62 bits per heavy atom. The quantitative estimate of drug-likeness (QED) is 0.669. The minimum atomic E-state index is -0.166. The number of nitrogens with zero attached hydrogens (tertiary/aromatic N) is 6. The maximum atomic E-state index is 12.9. The molecule has 1 atom stereocenters. The molecule has 0 aliphatic carbocycles. The van der Waals surface area contributed by atoms with Crippen LogP contribution < -0.4 is 0 Å². The Balaban J connectivity index is 1.25. The zero-order valence-electron chi connectivity index (χ0n) is 18.5. The summed E-state index contributed by atoms with van der Waals surface area (Å²) in [4.78, 5) is 37.1. The van der Waals surface area contributed by atoms with Gasteiger partial charge in [-0.2, -0.15) is 4.98 Å². The predicted octanol–water partition coefficient (Wildman–Crippen LogP) is 1.59. The maximum Gasteiger partial charge on any atom is 0.241 e. The van der Waals surface area contributed by atoms with E-state index in [1.54, 1.807) is 24.0 Å². The average Bonchev–Trinajstić information content (AvgIpc) is 3.27. The fourth-order valence-corrected chi connectivity index (χ4v) is 4.32. The maximum absolute atomic E-state index is 12.9. The number of rotatable bonds is 5. The first-order valence-electron chi connectivity index (χ1n) is 11.0. The van der Waals surface area contributed by atoms with Crippen LogP contribution in [0, 0.1) is 0 Å². The van der Waals surface area contributed by atoms with Crippen LogP contribution in [0.3, 0.4) is 0 Å². The number of halogens is 1. The molecule has 0 radical (unpaired) electrons. The lowest BCUT2D eigenvalue weighted by Gasteiger charge is -2.40. The standard InChI is InChI=1S/C22H29ClN6O3/c1-16(22(31)29-13-11-28(12-14-29)17(2)30)27-9-7-26(8-10-27)15-20-24-21(25-32-20)18-3-5-19(23)6-4-18/h3-6,16H,7-15H2,1-2H3. The lowest BCUT2D eigenvalue weighted by atomic mass is 10.2. The molecule has 2 amide bonds. The minimum absolute atomic E-state index is 0.0720. The lowest BCUT2D eigenvalue weighted by Crippen LogP contribution is -2.57. The van der Waals surface area contributed by atoms with Crippen LogP contribution in [0.5, 0.6) is 0 Å². The number of carbonyl (C=O) groups excluding carboxylic acids is 2. The van der Waals surface area contributed by atoms with Gasteiger partial charge in [0, 0.05) is 69.9 Å². The molecule has 4 rings (SSSR count). The summed E-state index contributed by atoms with van der Waals surface area (Å²) < 4.78 is 5.43. The highest BCUT2D eigenvalue weighted by atomic mass is 35.5. The Labute approximate surface area is 192 Å². The number of aromatic nitrogens is 2. The second-order valence-electron chi connectivity index (χ2n) is 8.34. The summed E-state index contributed by atoms with van der Waals surface area (Å²) in [5, 5.41) is 4.74. The van der Waals surface area contributed by atoms with Crippen molar-refractivity contribution in [2.75, 3.05) is 52.4 Å². The molecule has 9 nitrogen and oxygen atoms in total. The fourth-order valence-electron chi connectivity index (χ4n) is 4.20. The summed E-state index contributed by atoms with van der Waals surface area (Å²) >= 11 is 5.94. The minimum Gasteiger partial charge on any atom is -0.339 e. The van der Waals surface area contributed by atoms with Crippen molar-refractivity contribution in [1.82, 2.24) is 29.7 Å². The van der Waals surface area contributed by atoms with Gasteiger partial charge < -0.3 is 14.3 Å². The van der Waals surface area contributed by atoms with E-state index in [0.29, 0.717) is 49.5 Å². The summed E-state index contributed by atoms with van der Waals surface area (Å²) in [5.74, 6) is 1.35. The van der Waals surface area contributed by atoms with E-state index in [1.165, 1.54) is 0 Å². The third kappa shape index (κ3) is 5.28. The summed E-state index contributed by atoms with van der Waals surface area (Å²) in [6.07, 6.45) is 0. The number of hydrogen-bond donors (Lipinski definition) is 0. The van der Waals surface area contributed by atoms with Gasteiger partial charge in [0.05, 0.1) is 12.6 Å². The van der Waals surface area contributed by atoms with E-state index in [0.717, 1.165) is 31.7 Å². The van der Waals surface area contributed by atoms with Crippen LogP contribution in [0.1, 0.15) is 19.7 Å². The van der Waals surface area contributed by atoms with E-state index in [4.69, 9.17) is 16.1 Å². The third-order valence-corrected chi connectivity index (χ3v) is 6.53. The number of piperazine rings is 2.